The van der Waals surface area contributed by atoms with E-state index in [2.05, 4.69) is 39.1 Å². The van der Waals surface area contributed by atoms with Crippen molar-refractivity contribution in [3.05, 3.63) is 55.1 Å². The molecule has 0 fully saturated rings. The maximum Gasteiger partial charge on any atom is 0.148 e. The van der Waals surface area contributed by atoms with Crippen LogP contribution in [-0.4, -0.2) is 51.0 Å². The van der Waals surface area contributed by atoms with Crippen LogP contribution in [0.25, 0.3) is 28.0 Å². The Morgan fingerprint density at radius 2 is 1.96 bits per heavy atom. The third-order valence-corrected chi connectivity index (χ3v) is 4.80. The minimum atomic E-state index is 0.677. The monoisotopic (exact) mass is 376 g/mol. The number of pyridine rings is 2. The molecule has 0 amide bonds. The van der Waals surface area contributed by atoms with Crippen molar-refractivity contribution in [3.63, 3.8) is 0 Å². The average Bonchev–Trinajstić information content (AvgIpc) is 3.40. The largest absolute Gasteiger partial charge is 0.380 e. The van der Waals surface area contributed by atoms with Gasteiger partial charge in [-0.2, -0.15) is 5.10 Å². The van der Waals surface area contributed by atoms with Gasteiger partial charge in [0.1, 0.15) is 17.3 Å². The van der Waals surface area contributed by atoms with Crippen molar-refractivity contribution in [2.45, 2.75) is 13.8 Å². The lowest BCUT2D eigenvalue weighted by Crippen LogP contribution is -2.28. The lowest BCUT2D eigenvalue weighted by Gasteiger charge is -2.23. The highest BCUT2D eigenvalue weighted by molar-refractivity contribution is 5.95. The fraction of sp³-hybridized carbons (Fsp3) is 0.286. The molecule has 0 aliphatic heterocycles. The summed E-state index contributed by atoms with van der Waals surface area (Å²) in [7, 11) is 0. The van der Waals surface area contributed by atoms with Gasteiger partial charge in [-0.05, 0) is 49.2 Å². The van der Waals surface area contributed by atoms with Gasteiger partial charge in [0.05, 0.1) is 12.8 Å². The van der Waals surface area contributed by atoms with E-state index >= 15 is 0 Å². The standard InChI is InChI=1S/C21H24N6O/c1-3-26(13-14-28-4-2)20-15-18(16-5-9-22-10-6-16)17-8-12-27(21(17)24-20)19-7-11-23-25-19/h5-12,15H,3-4,13-14H2,1-2H3,(H,23,25). The fourth-order valence-electron chi connectivity index (χ4n) is 3.36. The molecule has 0 saturated carbocycles. The van der Waals surface area contributed by atoms with E-state index in [-0.39, 0.29) is 0 Å². The highest BCUT2D eigenvalue weighted by Crippen LogP contribution is 2.32. The van der Waals surface area contributed by atoms with Gasteiger partial charge in [-0.3, -0.25) is 14.6 Å². The second kappa shape index (κ2) is 8.22. The van der Waals surface area contributed by atoms with Gasteiger partial charge in [0.25, 0.3) is 0 Å². The maximum absolute atomic E-state index is 5.56. The Morgan fingerprint density at radius 3 is 2.68 bits per heavy atom. The summed E-state index contributed by atoms with van der Waals surface area (Å²) >= 11 is 0. The first kappa shape index (κ1) is 18.2. The molecule has 0 bridgehead atoms. The van der Waals surface area contributed by atoms with E-state index in [1.807, 2.05) is 48.3 Å². The number of H-pyrrole nitrogens is 1. The van der Waals surface area contributed by atoms with Crippen LogP contribution in [0.2, 0.25) is 0 Å². The van der Waals surface area contributed by atoms with E-state index in [1.54, 1.807) is 6.20 Å². The summed E-state index contributed by atoms with van der Waals surface area (Å²) in [5.41, 5.74) is 3.14. The molecule has 0 saturated heterocycles. The first-order valence-corrected chi connectivity index (χ1v) is 9.56. The van der Waals surface area contributed by atoms with Gasteiger partial charge >= 0.3 is 0 Å². The summed E-state index contributed by atoms with van der Waals surface area (Å²) in [5, 5.41) is 8.19. The molecule has 144 valence electrons. The molecule has 4 heterocycles. The van der Waals surface area contributed by atoms with E-state index < -0.39 is 0 Å². The Labute approximate surface area is 164 Å². The third kappa shape index (κ3) is 3.48. The topological polar surface area (TPSA) is 71.9 Å². The number of hydrogen-bond donors (Lipinski definition) is 1. The lowest BCUT2D eigenvalue weighted by molar-refractivity contribution is 0.154. The van der Waals surface area contributed by atoms with Crippen molar-refractivity contribution in [1.82, 2.24) is 24.7 Å². The van der Waals surface area contributed by atoms with Crippen LogP contribution in [-0.2, 0) is 4.74 Å². The summed E-state index contributed by atoms with van der Waals surface area (Å²) in [6.45, 7) is 7.19. The molecular weight excluding hydrogens is 352 g/mol. The zero-order valence-corrected chi connectivity index (χ0v) is 16.2. The van der Waals surface area contributed by atoms with Crippen molar-refractivity contribution < 1.29 is 4.74 Å². The van der Waals surface area contributed by atoms with Crippen molar-refractivity contribution in [2.75, 3.05) is 31.2 Å². The number of anilines is 1. The number of nitrogens with one attached hydrogen (secondary N) is 1. The Kier molecular flexibility index (Phi) is 5.34. The lowest BCUT2D eigenvalue weighted by atomic mass is 10.0. The van der Waals surface area contributed by atoms with Crippen LogP contribution in [0.4, 0.5) is 5.82 Å². The number of fused-ring (bicyclic) bond motifs is 1. The van der Waals surface area contributed by atoms with Crippen LogP contribution < -0.4 is 4.90 Å². The normalized spacial score (nSPS) is 11.2. The van der Waals surface area contributed by atoms with Gasteiger partial charge in [-0.15, -0.1) is 0 Å². The molecule has 0 atom stereocenters. The Balaban J connectivity index is 1.86. The maximum atomic E-state index is 5.56. The van der Waals surface area contributed by atoms with Gasteiger partial charge in [-0.25, -0.2) is 4.98 Å². The number of aromatic amines is 1. The molecule has 0 aromatic carbocycles. The zero-order valence-electron chi connectivity index (χ0n) is 16.2. The van der Waals surface area contributed by atoms with Gasteiger partial charge in [0.15, 0.2) is 0 Å². The number of rotatable bonds is 8. The zero-order chi connectivity index (χ0) is 19.3. The van der Waals surface area contributed by atoms with Crippen LogP contribution in [0, 0.1) is 0 Å². The number of ether oxygens (including phenoxy) is 1. The number of aromatic nitrogens is 5. The molecule has 0 spiro atoms. The molecule has 7 heteroatoms. The molecule has 4 aromatic rings. The minimum absolute atomic E-state index is 0.677. The van der Waals surface area contributed by atoms with Crippen LogP contribution in [0.3, 0.4) is 0 Å². The van der Waals surface area contributed by atoms with Gasteiger partial charge in [0, 0.05) is 49.7 Å². The molecule has 0 aliphatic rings. The van der Waals surface area contributed by atoms with Crippen LogP contribution in [0.15, 0.2) is 55.1 Å². The number of hydrogen-bond acceptors (Lipinski definition) is 5. The molecule has 0 radical (unpaired) electrons. The first-order chi connectivity index (χ1) is 13.8. The summed E-state index contributed by atoms with van der Waals surface area (Å²) in [6, 6.07) is 10.3. The van der Waals surface area contributed by atoms with Crippen molar-refractivity contribution in [2.24, 2.45) is 0 Å². The van der Waals surface area contributed by atoms with E-state index in [0.717, 1.165) is 53.5 Å². The molecule has 4 rings (SSSR count). The molecule has 1 N–H and O–H groups in total. The van der Waals surface area contributed by atoms with E-state index in [4.69, 9.17) is 9.72 Å². The Hall–Kier alpha value is -3.19. The second-order valence-corrected chi connectivity index (χ2v) is 6.41. The fourth-order valence-corrected chi connectivity index (χ4v) is 3.36. The first-order valence-electron chi connectivity index (χ1n) is 9.56. The highest BCUT2D eigenvalue weighted by atomic mass is 16.5. The van der Waals surface area contributed by atoms with Crippen LogP contribution >= 0.6 is 0 Å². The summed E-state index contributed by atoms with van der Waals surface area (Å²) < 4.78 is 7.60. The SMILES string of the molecule is CCOCCN(CC)c1cc(-c2ccncc2)c2ccn(-c3ccn[nH]3)c2n1. The van der Waals surface area contributed by atoms with E-state index in [0.29, 0.717) is 6.61 Å². The Bertz CT molecular complexity index is 1030. The number of nitrogens with zero attached hydrogens (tertiary/aromatic N) is 5. The molecule has 0 aliphatic carbocycles. The smallest absolute Gasteiger partial charge is 0.148 e. The van der Waals surface area contributed by atoms with Crippen LogP contribution in [0.1, 0.15) is 13.8 Å². The van der Waals surface area contributed by atoms with Gasteiger partial charge < -0.3 is 9.64 Å². The van der Waals surface area contributed by atoms with Gasteiger partial charge in [0.2, 0.25) is 0 Å². The second-order valence-electron chi connectivity index (χ2n) is 6.41. The predicted octanol–water partition coefficient (Wildman–Crippen LogP) is 3.67. The van der Waals surface area contributed by atoms with Gasteiger partial charge in [-0.1, -0.05) is 0 Å². The van der Waals surface area contributed by atoms with Crippen molar-refractivity contribution >= 4 is 16.9 Å². The molecular formula is C21H24N6O. The molecule has 28 heavy (non-hydrogen) atoms. The molecule has 7 nitrogen and oxygen atoms in total. The van der Waals surface area contributed by atoms with E-state index in [1.165, 1.54) is 0 Å². The van der Waals surface area contributed by atoms with Crippen molar-refractivity contribution in [3.8, 4) is 16.9 Å². The minimum Gasteiger partial charge on any atom is -0.380 e. The predicted molar refractivity (Wildman–Crippen MR) is 111 cm³/mol. The number of likely N-dealkylation sites (N-methyl/N-ethyl adjacent to an activating group) is 1. The van der Waals surface area contributed by atoms with Crippen molar-refractivity contribution in [1.29, 1.82) is 0 Å². The van der Waals surface area contributed by atoms with E-state index in [9.17, 15) is 0 Å². The molecule has 4 aromatic heterocycles. The quantitative estimate of drug-likeness (QED) is 0.475. The third-order valence-electron chi connectivity index (χ3n) is 4.80. The average molecular weight is 376 g/mol. The summed E-state index contributed by atoms with van der Waals surface area (Å²) in [4.78, 5) is 11.4. The summed E-state index contributed by atoms with van der Waals surface area (Å²) in [5.74, 6) is 1.82. The van der Waals surface area contributed by atoms with Crippen LogP contribution in [0.5, 0.6) is 0 Å². The highest BCUT2D eigenvalue weighted by Gasteiger charge is 2.16. The Morgan fingerprint density at radius 1 is 1.11 bits per heavy atom. The molecule has 0 unspecified atom stereocenters. The summed E-state index contributed by atoms with van der Waals surface area (Å²) in [6.07, 6.45) is 7.41.